The molecule has 0 spiro atoms. The van der Waals surface area contributed by atoms with Gasteiger partial charge in [-0.1, -0.05) is 31.0 Å². The number of aliphatic hydroxyl groups excluding tert-OH is 1. The van der Waals surface area contributed by atoms with E-state index >= 15 is 0 Å². The van der Waals surface area contributed by atoms with Crippen LogP contribution in [0.15, 0.2) is 24.3 Å². The second-order valence-corrected chi connectivity index (χ2v) is 4.73. The van der Waals surface area contributed by atoms with Crippen LogP contribution >= 0.6 is 0 Å². The predicted molar refractivity (Wildman–Crippen MR) is 70.8 cm³/mol. The van der Waals surface area contributed by atoms with Crippen LogP contribution in [0.3, 0.4) is 0 Å². The lowest BCUT2D eigenvalue weighted by Crippen LogP contribution is -2.15. The molecule has 1 aliphatic rings. The van der Waals surface area contributed by atoms with E-state index in [0.717, 1.165) is 24.2 Å². The highest BCUT2D eigenvalue weighted by Gasteiger charge is 2.19. The minimum Gasteiger partial charge on any atom is -0.493 e. The lowest BCUT2D eigenvalue weighted by molar-refractivity contribution is -0.00785. The molecule has 0 bridgehead atoms. The molecule has 0 heterocycles. The minimum absolute atomic E-state index is 0.332. The predicted octanol–water partition coefficient (Wildman–Crippen LogP) is 3.08. The average molecular weight is 250 g/mol. The van der Waals surface area contributed by atoms with E-state index in [2.05, 4.69) is 0 Å². The third-order valence-electron chi connectivity index (χ3n) is 3.37. The van der Waals surface area contributed by atoms with Gasteiger partial charge in [-0.3, -0.25) is 0 Å². The van der Waals surface area contributed by atoms with Crippen molar-refractivity contribution in [2.75, 3.05) is 13.2 Å². The Morgan fingerprint density at radius 2 is 2.00 bits per heavy atom. The van der Waals surface area contributed by atoms with Gasteiger partial charge in [-0.15, -0.1) is 0 Å². The Hall–Kier alpha value is -1.06. The molecule has 1 aromatic rings. The summed E-state index contributed by atoms with van der Waals surface area (Å²) in [6.45, 7) is 2.90. The highest BCUT2D eigenvalue weighted by molar-refractivity contribution is 5.35. The first-order valence-corrected chi connectivity index (χ1v) is 6.82. The van der Waals surface area contributed by atoms with Crippen LogP contribution in [-0.4, -0.2) is 24.4 Å². The Kier molecular flexibility index (Phi) is 5.02. The Morgan fingerprint density at radius 1 is 1.28 bits per heavy atom. The van der Waals surface area contributed by atoms with E-state index in [1.54, 1.807) is 0 Å². The molecule has 1 N–H and O–H groups in total. The average Bonchev–Trinajstić information content (AvgIpc) is 2.90. The summed E-state index contributed by atoms with van der Waals surface area (Å²) in [4.78, 5) is 0. The van der Waals surface area contributed by atoms with Gasteiger partial charge in [-0.2, -0.15) is 0 Å². The van der Waals surface area contributed by atoms with Crippen molar-refractivity contribution in [2.45, 2.75) is 44.8 Å². The first-order valence-electron chi connectivity index (χ1n) is 6.82. The number of rotatable bonds is 6. The lowest BCUT2D eigenvalue weighted by atomic mass is 10.1. The molecule has 1 saturated carbocycles. The van der Waals surface area contributed by atoms with Crippen LogP contribution in [0.5, 0.6) is 5.75 Å². The van der Waals surface area contributed by atoms with Crippen LogP contribution < -0.4 is 4.74 Å². The molecule has 1 unspecified atom stereocenters. The first-order chi connectivity index (χ1) is 8.81. The molecule has 0 aromatic heterocycles. The van der Waals surface area contributed by atoms with Gasteiger partial charge in [0.25, 0.3) is 0 Å². The van der Waals surface area contributed by atoms with Crippen molar-refractivity contribution in [1.82, 2.24) is 0 Å². The van der Waals surface area contributed by atoms with E-state index in [1.807, 2.05) is 31.2 Å². The molecule has 1 fully saturated rings. The third-order valence-corrected chi connectivity index (χ3v) is 3.37. The normalized spacial score (nSPS) is 17.9. The molecule has 0 radical (unpaired) electrons. The summed E-state index contributed by atoms with van der Waals surface area (Å²) in [5, 5.41) is 10.2. The number of ether oxygens (including phenoxy) is 2. The van der Waals surface area contributed by atoms with Crippen LogP contribution in [0.4, 0.5) is 0 Å². The molecular formula is C15H22O3. The van der Waals surface area contributed by atoms with Crippen LogP contribution in [0, 0.1) is 0 Å². The summed E-state index contributed by atoms with van der Waals surface area (Å²) in [7, 11) is 0. The van der Waals surface area contributed by atoms with Crippen molar-refractivity contribution in [1.29, 1.82) is 0 Å². The maximum Gasteiger partial charge on any atom is 0.125 e. The molecule has 0 saturated heterocycles. The lowest BCUT2D eigenvalue weighted by Gasteiger charge is -2.18. The summed E-state index contributed by atoms with van der Waals surface area (Å²) in [5.41, 5.74) is 0.817. The number of hydrogen-bond acceptors (Lipinski definition) is 3. The molecule has 100 valence electrons. The molecule has 0 aliphatic heterocycles. The van der Waals surface area contributed by atoms with Gasteiger partial charge in [0, 0.05) is 5.56 Å². The number of benzene rings is 1. The maximum absolute atomic E-state index is 10.2. The Bertz CT molecular complexity index is 359. The topological polar surface area (TPSA) is 38.7 Å². The van der Waals surface area contributed by atoms with Crippen LogP contribution in [0.2, 0.25) is 0 Å². The zero-order valence-corrected chi connectivity index (χ0v) is 11.0. The zero-order chi connectivity index (χ0) is 12.8. The quantitative estimate of drug-likeness (QED) is 0.843. The van der Waals surface area contributed by atoms with E-state index in [1.165, 1.54) is 12.8 Å². The summed E-state index contributed by atoms with van der Waals surface area (Å²) >= 11 is 0. The molecule has 1 aromatic carbocycles. The monoisotopic (exact) mass is 250 g/mol. The van der Waals surface area contributed by atoms with E-state index in [9.17, 15) is 5.11 Å². The van der Waals surface area contributed by atoms with Gasteiger partial charge in [0.2, 0.25) is 0 Å². The summed E-state index contributed by atoms with van der Waals surface area (Å²) in [5.74, 6) is 0.752. The van der Waals surface area contributed by atoms with Crippen molar-refractivity contribution in [3.05, 3.63) is 29.8 Å². The van der Waals surface area contributed by atoms with E-state index < -0.39 is 6.10 Å². The summed E-state index contributed by atoms with van der Waals surface area (Å²) in [6, 6.07) is 7.61. The fraction of sp³-hybridized carbons (Fsp3) is 0.600. The van der Waals surface area contributed by atoms with Crippen molar-refractivity contribution in [3.8, 4) is 5.75 Å². The summed E-state index contributed by atoms with van der Waals surface area (Å²) < 4.78 is 11.3. The molecule has 18 heavy (non-hydrogen) atoms. The molecule has 1 aliphatic carbocycles. The van der Waals surface area contributed by atoms with Gasteiger partial charge >= 0.3 is 0 Å². The number of hydrogen-bond donors (Lipinski definition) is 1. The number of aliphatic hydroxyl groups is 1. The van der Waals surface area contributed by atoms with Gasteiger partial charge in [-0.05, 0) is 25.8 Å². The second kappa shape index (κ2) is 6.76. The van der Waals surface area contributed by atoms with Crippen molar-refractivity contribution in [2.24, 2.45) is 0 Å². The van der Waals surface area contributed by atoms with Crippen molar-refractivity contribution in [3.63, 3.8) is 0 Å². The SMILES string of the molecule is CCOc1ccccc1C(O)COC1CCCC1. The van der Waals surface area contributed by atoms with Gasteiger partial charge < -0.3 is 14.6 Å². The maximum atomic E-state index is 10.2. The summed E-state index contributed by atoms with van der Waals surface area (Å²) in [6.07, 6.45) is 4.47. The smallest absolute Gasteiger partial charge is 0.125 e. The Morgan fingerprint density at radius 3 is 2.72 bits per heavy atom. The Labute approximate surface area is 109 Å². The third kappa shape index (κ3) is 3.47. The first kappa shape index (κ1) is 13.4. The van der Waals surface area contributed by atoms with Gasteiger partial charge in [0.15, 0.2) is 0 Å². The molecule has 0 amide bonds. The molecular weight excluding hydrogens is 228 g/mol. The van der Waals surface area contributed by atoms with E-state index in [4.69, 9.17) is 9.47 Å². The zero-order valence-electron chi connectivity index (χ0n) is 11.0. The molecule has 1 atom stereocenters. The standard InChI is InChI=1S/C15H22O3/c1-2-17-15-10-6-5-9-13(15)14(16)11-18-12-7-3-4-8-12/h5-6,9-10,12,14,16H,2-4,7-8,11H2,1H3. The van der Waals surface area contributed by atoms with E-state index in [-0.39, 0.29) is 0 Å². The fourth-order valence-electron chi connectivity index (χ4n) is 2.41. The minimum atomic E-state index is -0.603. The Balaban J connectivity index is 1.92. The largest absolute Gasteiger partial charge is 0.493 e. The molecule has 2 rings (SSSR count). The van der Waals surface area contributed by atoms with Crippen LogP contribution in [0.1, 0.15) is 44.3 Å². The molecule has 3 nitrogen and oxygen atoms in total. The highest BCUT2D eigenvalue weighted by atomic mass is 16.5. The van der Waals surface area contributed by atoms with Crippen LogP contribution in [-0.2, 0) is 4.74 Å². The van der Waals surface area contributed by atoms with Gasteiger partial charge in [0.1, 0.15) is 11.9 Å². The van der Waals surface area contributed by atoms with Gasteiger partial charge in [-0.25, -0.2) is 0 Å². The second-order valence-electron chi connectivity index (χ2n) is 4.73. The number of para-hydroxylation sites is 1. The van der Waals surface area contributed by atoms with Gasteiger partial charge in [0.05, 0.1) is 19.3 Å². The van der Waals surface area contributed by atoms with Crippen LogP contribution in [0.25, 0.3) is 0 Å². The highest BCUT2D eigenvalue weighted by Crippen LogP contribution is 2.27. The van der Waals surface area contributed by atoms with E-state index in [0.29, 0.717) is 19.3 Å². The fourth-order valence-corrected chi connectivity index (χ4v) is 2.41. The van der Waals surface area contributed by atoms with Crippen molar-refractivity contribution < 1.29 is 14.6 Å². The molecule has 3 heteroatoms. The van der Waals surface area contributed by atoms with Crippen molar-refractivity contribution >= 4 is 0 Å².